The van der Waals surface area contributed by atoms with E-state index >= 15 is 0 Å². The third-order valence-corrected chi connectivity index (χ3v) is 4.11. The Morgan fingerprint density at radius 3 is 2.58 bits per heavy atom. The maximum atomic E-state index is 13.9. The molecule has 2 amide bonds. The van der Waals surface area contributed by atoms with Crippen molar-refractivity contribution in [1.82, 2.24) is 0 Å². The summed E-state index contributed by atoms with van der Waals surface area (Å²) >= 11 is 0. The fourth-order valence-corrected chi connectivity index (χ4v) is 2.76. The van der Waals surface area contributed by atoms with Gasteiger partial charge in [0.15, 0.2) is 0 Å². The van der Waals surface area contributed by atoms with Crippen molar-refractivity contribution in [3.8, 4) is 0 Å². The molecule has 134 valence electrons. The average molecular weight is 360 g/mol. The van der Waals surface area contributed by atoms with Crippen LogP contribution in [0.3, 0.4) is 0 Å². The molecule has 8 heteroatoms. The highest BCUT2D eigenvalue weighted by molar-refractivity contribution is 6.23. The molecule has 0 aliphatic carbocycles. The van der Waals surface area contributed by atoms with Crippen LogP contribution in [0.1, 0.15) is 22.3 Å². The standard InChI is InChI=1S/C18H14F2N2O4/c1-9-2-3-10(18(25)26)6-13(9)21-14-8-16(23)22(17(14)24)15-5-4-11(19)7-12(15)20/h2-7,14,21H,8H2,1H3,(H,25,26)/t14-/m0/s1. The lowest BCUT2D eigenvalue weighted by atomic mass is 10.1. The third-order valence-electron chi connectivity index (χ3n) is 4.11. The summed E-state index contributed by atoms with van der Waals surface area (Å²) in [7, 11) is 0. The van der Waals surface area contributed by atoms with Gasteiger partial charge < -0.3 is 10.4 Å². The largest absolute Gasteiger partial charge is 0.478 e. The summed E-state index contributed by atoms with van der Waals surface area (Å²) < 4.78 is 27.0. The topological polar surface area (TPSA) is 86.7 Å². The summed E-state index contributed by atoms with van der Waals surface area (Å²) in [5.74, 6) is -4.29. The minimum absolute atomic E-state index is 0.0244. The first-order valence-corrected chi connectivity index (χ1v) is 7.70. The number of nitrogens with zero attached hydrogens (tertiary/aromatic N) is 1. The molecule has 0 aromatic heterocycles. The van der Waals surface area contributed by atoms with E-state index in [2.05, 4.69) is 5.32 Å². The number of benzene rings is 2. The number of halogens is 2. The molecule has 2 aromatic carbocycles. The Labute approximate surface area is 147 Å². The summed E-state index contributed by atoms with van der Waals surface area (Å²) in [4.78, 5) is 36.5. The number of hydrogen-bond donors (Lipinski definition) is 2. The van der Waals surface area contributed by atoms with Gasteiger partial charge in [-0.05, 0) is 36.8 Å². The molecule has 0 bridgehead atoms. The van der Waals surface area contributed by atoms with Crippen molar-refractivity contribution in [2.45, 2.75) is 19.4 Å². The number of carboxylic acids is 1. The van der Waals surface area contributed by atoms with Gasteiger partial charge in [-0.15, -0.1) is 0 Å². The van der Waals surface area contributed by atoms with E-state index < -0.39 is 35.5 Å². The molecular formula is C18H14F2N2O4. The van der Waals surface area contributed by atoms with Crippen molar-refractivity contribution < 1.29 is 28.3 Å². The zero-order chi connectivity index (χ0) is 19.0. The second-order valence-electron chi connectivity index (χ2n) is 5.90. The van der Waals surface area contributed by atoms with Gasteiger partial charge in [-0.25, -0.2) is 18.5 Å². The predicted octanol–water partition coefficient (Wildman–Crippen LogP) is 2.72. The Kier molecular flexibility index (Phi) is 4.41. The third kappa shape index (κ3) is 3.13. The van der Waals surface area contributed by atoms with Gasteiger partial charge in [0.1, 0.15) is 17.7 Å². The quantitative estimate of drug-likeness (QED) is 0.819. The van der Waals surface area contributed by atoms with Crippen molar-refractivity contribution in [3.63, 3.8) is 0 Å². The SMILES string of the molecule is Cc1ccc(C(=O)O)cc1N[C@H]1CC(=O)N(c2ccc(F)cc2F)C1=O. The van der Waals surface area contributed by atoms with Crippen molar-refractivity contribution in [2.75, 3.05) is 10.2 Å². The summed E-state index contributed by atoms with van der Waals surface area (Å²) in [6.07, 6.45) is -0.230. The lowest BCUT2D eigenvalue weighted by molar-refractivity contribution is -0.121. The highest BCUT2D eigenvalue weighted by Crippen LogP contribution is 2.28. The summed E-state index contributed by atoms with van der Waals surface area (Å²) in [5, 5.41) is 11.9. The molecule has 1 fully saturated rings. The van der Waals surface area contributed by atoms with Crippen LogP contribution in [-0.4, -0.2) is 28.9 Å². The van der Waals surface area contributed by atoms with E-state index in [0.29, 0.717) is 22.2 Å². The molecule has 0 saturated carbocycles. The number of anilines is 2. The van der Waals surface area contributed by atoms with Crippen molar-refractivity contribution >= 4 is 29.2 Å². The van der Waals surface area contributed by atoms with Gasteiger partial charge in [-0.3, -0.25) is 9.59 Å². The lowest BCUT2D eigenvalue weighted by Gasteiger charge is -2.17. The van der Waals surface area contributed by atoms with Crippen LogP contribution < -0.4 is 10.2 Å². The van der Waals surface area contributed by atoms with Gasteiger partial charge in [-0.2, -0.15) is 0 Å². The normalized spacial score (nSPS) is 16.9. The first-order valence-electron chi connectivity index (χ1n) is 7.70. The van der Waals surface area contributed by atoms with E-state index in [1.807, 2.05) is 0 Å². The number of hydrogen-bond acceptors (Lipinski definition) is 4. The van der Waals surface area contributed by atoms with Crippen LogP contribution in [-0.2, 0) is 9.59 Å². The number of aromatic carboxylic acids is 1. The Morgan fingerprint density at radius 2 is 1.92 bits per heavy atom. The molecule has 1 heterocycles. The van der Waals surface area contributed by atoms with E-state index in [9.17, 15) is 23.2 Å². The van der Waals surface area contributed by atoms with Crippen LogP contribution in [0.25, 0.3) is 0 Å². The van der Waals surface area contributed by atoms with Crippen LogP contribution >= 0.6 is 0 Å². The van der Waals surface area contributed by atoms with Gasteiger partial charge >= 0.3 is 5.97 Å². The molecule has 1 aliphatic heterocycles. The number of amides is 2. The fraction of sp³-hybridized carbons (Fsp3) is 0.167. The van der Waals surface area contributed by atoms with Gasteiger partial charge in [0.25, 0.3) is 5.91 Å². The molecule has 1 aliphatic rings. The minimum Gasteiger partial charge on any atom is -0.478 e. The monoisotopic (exact) mass is 360 g/mol. The first-order chi connectivity index (χ1) is 12.3. The second-order valence-corrected chi connectivity index (χ2v) is 5.90. The minimum atomic E-state index is -1.13. The first kappa shape index (κ1) is 17.5. The zero-order valence-electron chi connectivity index (χ0n) is 13.6. The van der Waals surface area contributed by atoms with E-state index in [1.165, 1.54) is 12.1 Å². The number of imide groups is 1. The highest BCUT2D eigenvalue weighted by Gasteiger charge is 2.40. The lowest BCUT2D eigenvalue weighted by Crippen LogP contribution is -2.35. The average Bonchev–Trinajstić information content (AvgIpc) is 2.84. The Bertz CT molecular complexity index is 929. The van der Waals surface area contributed by atoms with Crippen molar-refractivity contribution in [1.29, 1.82) is 0 Å². The summed E-state index contributed by atoms with van der Waals surface area (Å²) in [6.45, 7) is 1.71. The summed E-state index contributed by atoms with van der Waals surface area (Å²) in [6, 6.07) is 5.96. The van der Waals surface area contributed by atoms with Crippen LogP contribution in [0.15, 0.2) is 36.4 Å². The number of aryl methyl sites for hydroxylation is 1. The second kappa shape index (κ2) is 6.55. The van der Waals surface area contributed by atoms with Crippen LogP contribution in [0.2, 0.25) is 0 Å². The van der Waals surface area contributed by atoms with Gasteiger partial charge in [0.05, 0.1) is 17.7 Å². The zero-order valence-corrected chi connectivity index (χ0v) is 13.6. The van der Waals surface area contributed by atoms with Crippen LogP contribution in [0.4, 0.5) is 20.2 Å². The predicted molar refractivity (Wildman–Crippen MR) is 89.0 cm³/mol. The number of carboxylic acid groups (broad SMARTS) is 1. The molecule has 2 aromatic rings. The molecule has 0 spiro atoms. The molecule has 1 atom stereocenters. The smallest absolute Gasteiger partial charge is 0.335 e. The Hall–Kier alpha value is -3.29. The molecule has 0 radical (unpaired) electrons. The molecule has 2 N–H and O–H groups in total. The number of carbonyl (C=O) groups excluding carboxylic acids is 2. The number of rotatable bonds is 4. The van der Waals surface area contributed by atoms with Crippen molar-refractivity contribution in [2.24, 2.45) is 0 Å². The Balaban J connectivity index is 1.88. The number of carbonyl (C=O) groups is 3. The maximum Gasteiger partial charge on any atom is 0.335 e. The van der Waals surface area contributed by atoms with E-state index in [1.54, 1.807) is 13.0 Å². The van der Waals surface area contributed by atoms with E-state index in [-0.39, 0.29) is 17.7 Å². The van der Waals surface area contributed by atoms with Crippen LogP contribution in [0.5, 0.6) is 0 Å². The van der Waals surface area contributed by atoms with Gasteiger partial charge in [-0.1, -0.05) is 6.07 Å². The molecule has 26 heavy (non-hydrogen) atoms. The molecular weight excluding hydrogens is 346 g/mol. The Morgan fingerprint density at radius 1 is 1.19 bits per heavy atom. The van der Waals surface area contributed by atoms with E-state index in [0.717, 1.165) is 12.1 Å². The molecule has 6 nitrogen and oxygen atoms in total. The van der Waals surface area contributed by atoms with Gasteiger partial charge in [0, 0.05) is 11.8 Å². The molecule has 0 unspecified atom stereocenters. The molecule has 3 rings (SSSR count). The van der Waals surface area contributed by atoms with E-state index in [4.69, 9.17) is 5.11 Å². The number of nitrogens with one attached hydrogen (secondary N) is 1. The fourth-order valence-electron chi connectivity index (χ4n) is 2.76. The van der Waals surface area contributed by atoms with Gasteiger partial charge in [0.2, 0.25) is 5.91 Å². The van der Waals surface area contributed by atoms with Crippen LogP contribution in [0, 0.1) is 18.6 Å². The maximum absolute atomic E-state index is 13.9. The highest BCUT2D eigenvalue weighted by atomic mass is 19.1. The van der Waals surface area contributed by atoms with Crippen molar-refractivity contribution in [3.05, 3.63) is 59.2 Å². The molecule has 1 saturated heterocycles. The summed E-state index contributed by atoms with van der Waals surface area (Å²) in [5.41, 5.74) is 0.775.